The number of rotatable bonds is 6. The van der Waals surface area contributed by atoms with Gasteiger partial charge in [0.25, 0.3) is 0 Å². The zero-order valence-electron chi connectivity index (χ0n) is 34.4. The van der Waals surface area contributed by atoms with Gasteiger partial charge in [0.15, 0.2) is 0 Å². The number of anilines is 6. The lowest BCUT2D eigenvalue weighted by molar-refractivity contribution is 0.666. The third-order valence-electron chi connectivity index (χ3n) is 13.7. The molecule has 286 valence electrons. The van der Waals surface area contributed by atoms with Crippen molar-refractivity contribution in [3.63, 3.8) is 0 Å². The Bertz CT molecular complexity index is 2990. The molecule has 0 amide bonds. The highest BCUT2D eigenvalue weighted by Crippen LogP contribution is 2.61. The lowest BCUT2D eigenvalue weighted by Crippen LogP contribution is -2.18. The van der Waals surface area contributed by atoms with E-state index < -0.39 is 0 Å². The van der Waals surface area contributed by atoms with Gasteiger partial charge in [-0.2, -0.15) is 0 Å². The highest BCUT2D eigenvalue weighted by atomic mass is 15.1. The molecular weight excluding hydrogens is 725 g/mol. The third-order valence-corrected chi connectivity index (χ3v) is 13.7. The molecule has 0 spiro atoms. The lowest BCUT2D eigenvalue weighted by atomic mass is 9.75. The Hall–Kier alpha value is -7.16. The SMILES string of the molecule is CC1(C)c2cc(N(c3ccccc3)c3ccccc3)ccc2-c2c1c1cccc3c4c(c5cccc2c5c31)C(C)(C)c1cc(N(c2ccccc2)c2ccccc2)ccc1-4. The molecule has 12 rings (SSSR count). The molecule has 10 aromatic rings. The van der Waals surface area contributed by atoms with E-state index in [1.165, 1.54) is 88.2 Å². The Morgan fingerprint density at radius 2 is 0.617 bits per heavy atom. The molecule has 0 heterocycles. The van der Waals surface area contributed by atoms with Gasteiger partial charge in [-0.3, -0.25) is 0 Å². The smallest absolute Gasteiger partial charge is 0.0465 e. The highest BCUT2D eigenvalue weighted by molar-refractivity contribution is 6.33. The monoisotopic (exact) mass is 768 g/mol. The van der Waals surface area contributed by atoms with E-state index in [2.05, 4.69) is 232 Å². The van der Waals surface area contributed by atoms with Crippen molar-refractivity contribution in [2.45, 2.75) is 38.5 Å². The average Bonchev–Trinajstić information content (AvgIpc) is 3.67. The molecule has 0 N–H and O–H groups in total. The van der Waals surface area contributed by atoms with E-state index in [1.54, 1.807) is 0 Å². The number of hydrogen-bond donors (Lipinski definition) is 0. The molecule has 2 aliphatic rings. The first-order valence-electron chi connectivity index (χ1n) is 21.2. The van der Waals surface area contributed by atoms with Crippen LogP contribution in [0.15, 0.2) is 194 Å². The van der Waals surface area contributed by atoms with Crippen LogP contribution in [0.1, 0.15) is 49.9 Å². The van der Waals surface area contributed by atoms with E-state index in [9.17, 15) is 0 Å². The van der Waals surface area contributed by atoms with E-state index in [4.69, 9.17) is 0 Å². The number of para-hydroxylation sites is 4. The van der Waals surface area contributed by atoms with Crippen LogP contribution in [-0.2, 0) is 10.8 Å². The van der Waals surface area contributed by atoms with E-state index in [0.717, 1.165) is 22.7 Å². The molecule has 0 saturated carbocycles. The Labute approximate surface area is 351 Å². The predicted molar refractivity (Wildman–Crippen MR) is 255 cm³/mol. The van der Waals surface area contributed by atoms with Gasteiger partial charge in [0, 0.05) is 45.0 Å². The number of fused-ring (bicyclic) bond motifs is 10. The van der Waals surface area contributed by atoms with Gasteiger partial charge in [0.05, 0.1) is 0 Å². The van der Waals surface area contributed by atoms with Crippen LogP contribution in [0.25, 0.3) is 54.6 Å². The summed E-state index contributed by atoms with van der Waals surface area (Å²) < 4.78 is 0. The molecule has 10 aromatic carbocycles. The standard InChI is InChI=1S/C58H44N2/c1-57(2)49-35-41(59(37-19-9-5-10-20-37)38-21-11-6-12-22-38)31-33-43(49)53-45-27-18-30-48-52(45)51-46(28-17-29-47(51)55(53)57)54-44-34-32-42(36-50(44)58(3,4)56(48)54)60(39-23-13-7-14-24-39)40-25-15-8-16-26-40/h5-36H,1-4H3. The molecular formula is C58H44N2. The van der Waals surface area contributed by atoms with Crippen LogP contribution >= 0.6 is 0 Å². The van der Waals surface area contributed by atoms with Crippen molar-refractivity contribution in [3.05, 3.63) is 216 Å². The third kappa shape index (κ3) is 4.76. The second-order valence-electron chi connectivity index (χ2n) is 17.7. The molecule has 0 fully saturated rings. The molecule has 0 atom stereocenters. The van der Waals surface area contributed by atoms with Crippen molar-refractivity contribution in [2.24, 2.45) is 0 Å². The van der Waals surface area contributed by atoms with Crippen molar-refractivity contribution >= 4 is 66.4 Å². The summed E-state index contributed by atoms with van der Waals surface area (Å²) in [5, 5.41) is 8.20. The van der Waals surface area contributed by atoms with Gasteiger partial charge < -0.3 is 9.80 Å². The second kappa shape index (κ2) is 12.7. The summed E-state index contributed by atoms with van der Waals surface area (Å²) >= 11 is 0. The molecule has 2 nitrogen and oxygen atoms in total. The Morgan fingerprint density at radius 3 is 0.950 bits per heavy atom. The van der Waals surface area contributed by atoms with Crippen molar-refractivity contribution in [2.75, 3.05) is 9.80 Å². The number of benzene rings is 10. The van der Waals surface area contributed by atoms with Gasteiger partial charge in [-0.1, -0.05) is 149 Å². The fourth-order valence-electron chi connectivity index (χ4n) is 11.2. The van der Waals surface area contributed by atoms with Crippen LogP contribution in [0.2, 0.25) is 0 Å². The molecule has 0 radical (unpaired) electrons. The molecule has 0 bridgehead atoms. The van der Waals surface area contributed by atoms with Crippen molar-refractivity contribution in [1.29, 1.82) is 0 Å². The van der Waals surface area contributed by atoms with Crippen LogP contribution < -0.4 is 9.80 Å². The zero-order chi connectivity index (χ0) is 40.3. The summed E-state index contributed by atoms with van der Waals surface area (Å²) in [6, 6.07) is 71.6. The molecule has 0 aromatic heterocycles. The molecule has 0 saturated heterocycles. The number of nitrogens with zero attached hydrogens (tertiary/aromatic N) is 2. The largest absolute Gasteiger partial charge is 0.310 e. The van der Waals surface area contributed by atoms with Gasteiger partial charge in [0.1, 0.15) is 0 Å². The van der Waals surface area contributed by atoms with Crippen molar-refractivity contribution < 1.29 is 0 Å². The minimum Gasteiger partial charge on any atom is -0.310 e. The van der Waals surface area contributed by atoms with Gasteiger partial charge in [-0.05, 0) is 150 Å². The molecule has 0 unspecified atom stereocenters. The normalized spacial score (nSPS) is 14.3. The van der Waals surface area contributed by atoms with E-state index in [-0.39, 0.29) is 10.8 Å². The minimum absolute atomic E-state index is 0.239. The fourth-order valence-corrected chi connectivity index (χ4v) is 11.2. The van der Waals surface area contributed by atoms with Gasteiger partial charge in [0.2, 0.25) is 0 Å². The van der Waals surface area contributed by atoms with Crippen LogP contribution in [0, 0.1) is 0 Å². The highest BCUT2D eigenvalue weighted by Gasteiger charge is 2.43. The summed E-state index contributed by atoms with van der Waals surface area (Å²) in [5.74, 6) is 0. The quantitative estimate of drug-likeness (QED) is 0.155. The van der Waals surface area contributed by atoms with Crippen LogP contribution in [0.5, 0.6) is 0 Å². The lowest BCUT2D eigenvalue weighted by Gasteiger charge is -2.29. The molecule has 2 aliphatic carbocycles. The molecule has 2 heteroatoms. The summed E-state index contributed by atoms with van der Waals surface area (Å²) in [6.07, 6.45) is 0. The fraction of sp³-hybridized carbons (Fsp3) is 0.103. The van der Waals surface area contributed by atoms with Gasteiger partial charge >= 0.3 is 0 Å². The molecule has 0 aliphatic heterocycles. The van der Waals surface area contributed by atoms with E-state index >= 15 is 0 Å². The van der Waals surface area contributed by atoms with Crippen molar-refractivity contribution in [3.8, 4) is 22.3 Å². The summed E-state index contributed by atoms with van der Waals surface area (Å²) in [4.78, 5) is 4.77. The van der Waals surface area contributed by atoms with Gasteiger partial charge in [-0.25, -0.2) is 0 Å². The van der Waals surface area contributed by atoms with Crippen LogP contribution in [0.3, 0.4) is 0 Å². The van der Waals surface area contributed by atoms with Crippen LogP contribution in [0.4, 0.5) is 34.1 Å². The Morgan fingerprint density at radius 1 is 0.300 bits per heavy atom. The average molecular weight is 769 g/mol. The summed E-state index contributed by atoms with van der Waals surface area (Å²) in [7, 11) is 0. The first kappa shape index (κ1) is 34.8. The first-order valence-corrected chi connectivity index (χ1v) is 21.2. The van der Waals surface area contributed by atoms with Crippen LogP contribution in [-0.4, -0.2) is 0 Å². The second-order valence-corrected chi connectivity index (χ2v) is 17.7. The minimum atomic E-state index is -0.239. The topological polar surface area (TPSA) is 6.48 Å². The first-order chi connectivity index (χ1) is 29.3. The maximum absolute atomic E-state index is 2.46. The van der Waals surface area contributed by atoms with Crippen molar-refractivity contribution in [1.82, 2.24) is 0 Å². The summed E-state index contributed by atoms with van der Waals surface area (Å²) in [5.41, 5.74) is 17.5. The maximum Gasteiger partial charge on any atom is 0.0465 e. The Kier molecular flexibility index (Phi) is 7.36. The predicted octanol–water partition coefficient (Wildman–Crippen LogP) is 16.1. The van der Waals surface area contributed by atoms with E-state index in [1.807, 2.05) is 0 Å². The zero-order valence-corrected chi connectivity index (χ0v) is 34.4. The molecule has 60 heavy (non-hydrogen) atoms. The summed E-state index contributed by atoms with van der Waals surface area (Å²) in [6.45, 7) is 9.76. The van der Waals surface area contributed by atoms with Gasteiger partial charge in [-0.15, -0.1) is 0 Å². The van der Waals surface area contributed by atoms with E-state index in [0.29, 0.717) is 0 Å². The number of hydrogen-bond acceptors (Lipinski definition) is 2. The Balaban J connectivity index is 1.08. The maximum atomic E-state index is 2.46.